The lowest BCUT2D eigenvalue weighted by Gasteiger charge is -2.09. The van der Waals surface area contributed by atoms with Crippen LogP contribution in [-0.4, -0.2) is 0 Å². The van der Waals surface area contributed by atoms with Gasteiger partial charge in [0.15, 0.2) is 0 Å². The molecule has 0 spiro atoms. The standard InChI is InChI=1S/C14H13BrIN/c1-10-2-4-11(5-3-10)9-17-14-7-6-12(16)8-13(14)15/h2-8,17H,9H2,1H3. The average Bonchev–Trinajstić information content (AvgIpc) is 2.30. The Balaban J connectivity index is 2.04. The molecule has 1 nitrogen and oxygen atoms in total. The lowest BCUT2D eigenvalue weighted by molar-refractivity contribution is 1.14. The van der Waals surface area contributed by atoms with Gasteiger partial charge in [-0.2, -0.15) is 0 Å². The van der Waals surface area contributed by atoms with Crippen molar-refractivity contribution in [2.75, 3.05) is 5.32 Å². The number of aryl methyl sites for hydroxylation is 1. The monoisotopic (exact) mass is 401 g/mol. The number of hydrogen-bond acceptors (Lipinski definition) is 1. The molecule has 0 aliphatic heterocycles. The van der Waals surface area contributed by atoms with Crippen molar-refractivity contribution in [3.63, 3.8) is 0 Å². The molecule has 2 rings (SSSR count). The number of halogens is 2. The minimum atomic E-state index is 0.847. The quantitative estimate of drug-likeness (QED) is 0.715. The Hall–Kier alpha value is -0.550. The van der Waals surface area contributed by atoms with Gasteiger partial charge in [-0.15, -0.1) is 0 Å². The van der Waals surface area contributed by atoms with Gasteiger partial charge >= 0.3 is 0 Å². The SMILES string of the molecule is Cc1ccc(CNc2ccc(I)cc2Br)cc1. The Bertz CT molecular complexity index is 508. The van der Waals surface area contributed by atoms with E-state index in [9.17, 15) is 0 Å². The van der Waals surface area contributed by atoms with Crippen molar-refractivity contribution in [1.82, 2.24) is 0 Å². The van der Waals surface area contributed by atoms with Gasteiger partial charge in [0, 0.05) is 20.3 Å². The van der Waals surface area contributed by atoms with Crippen LogP contribution in [0, 0.1) is 10.5 Å². The van der Waals surface area contributed by atoms with Crippen molar-refractivity contribution in [2.45, 2.75) is 13.5 Å². The molecule has 3 heteroatoms. The Kier molecular flexibility index (Phi) is 4.45. The molecule has 0 saturated carbocycles. The van der Waals surface area contributed by atoms with Crippen LogP contribution in [0.4, 0.5) is 5.69 Å². The summed E-state index contributed by atoms with van der Waals surface area (Å²) in [7, 11) is 0. The number of benzene rings is 2. The van der Waals surface area contributed by atoms with E-state index in [1.807, 2.05) is 0 Å². The van der Waals surface area contributed by atoms with Crippen LogP contribution in [0.2, 0.25) is 0 Å². The maximum atomic E-state index is 3.56. The molecule has 0 aliphatic carbocycles. The summed E-state index contributed by atoms with van der Waals surface area (Å²) in [6.45, 7) is 2.95. The Morgan fingerprint density at radius 2 is 1.82 bits per heavy atom. The predicted octanol–water partition coefficient (Wildman–Crippen LogP) is 4.97. The summed E-state index contributed by atoms with van der Waals surface area (Å²) in [5.41, 5.74) is 3.72. The molecule has 0 amide bonds. The van der Waals surface area contributed by atoms with Crippen molar-refractivity contribution < 1.29 is 0 Å². The zero-order chi connectivity index (χ0) is 12.3. The zero-order valence-electron chi connectivity index (χ0n) is 9.50. The van der Waals surface area contributed by atoms with Crippen LogP contribution in [0.5, 0.6) is 0 Å². The van der Waals surface area contributed by atoms with Crippen LogP contribution in [0.3, 0.4) is 0 Å². The number of nitrogens with one attached hydrogen (secondary N) is 1. The molecule has 0 saturated heterocycles. The molecule has 2 aromatic carbocycles. The van der Waals surface area contributed by atoms with E-state index in [1.165, 1.54) is 14.7 Å². The molecule has 1 N–H and O–H groups in total. The highest BCUT2D eigenvalue weighted by Gasteiger charge is 2.00. The second-order valence-electron chi connectivity index (χ2n) is 3.96. The van der Waals surface area contributed by atoms with Gasteiger partial charge in [-0.1, -0.05) is 29.8 Å². The first kappa shape index (κ1) is 12.9. The highest BCUT2D eigenvalue weighted by Crippen LogP contribution is 2.24. The summed E-state index contributed by atoms with van der Waals surface area (Å²) in [4.78, 5) is 0. The van der Waals surface area contributed by atoms with Gasteiger partial charge in [0.2, 0.25) is 0 Å². The molecule has 0 radical (unpaired) electrons. The summed E-state index contributed by atoms with van der Waals surface area (Å²) >= 11 is 5.87. The van der Waals surface area contributed by atoms with Gasteiger partial charge in [0.1, 0.15) is 0 Å². The predicted molar refractivity (Wildman–Crippen MR) is 85.4 cm³/mol. The maximum absolute atomic E-state index is 3.56. The minimum Gasteiger partial charge on any atom is -0.380 e. The summed E-state index contributed by atoms with van der Waals surface area (Å²) in [5.74, 6) is 0. The summed E-state index contributed by atoms with van der Waals surface area (Å²) in [5, 5.41) is 3.43. The van der Waals surface area contributed by atoms with Crippen molar-refractivity contribution in [2.24, 2.45) is 0 Å². The van der Waals surface area contributed by atoms with E-state index in [4.69, 9.17) is 0 Å². The fourth-order valence-electron chi connectivity index (χ4n) is 1.54. The molecular formula is C14H13BrIN. The fourth-order valence-corrected chi connectivity index (χ4v) is 2.97. The third-order valence-electron chi connectivity index (χ3n) is 2.53. The fraction of sp³-hybridized carbons (Fsp3) is 0.143. The third-order valence-corrected chi connectivity index (χ3v) is 3.86. The first-order valence-electron chi connectivity index (χ1n) is 5.39. The minimum absolute atomic E-state index is 0.847. The van der Waals surface area contributed by atoms with E-state index in [0.29, 0.717) is 0 Å². The van der Waals surface area contributed by atoms with Crippen LogP contribution >= 0.6 is 38.5 Å². The summed E-state index contributed by atoms with van der Waals surface area (Å²) < 4.78 is 2.34. The van der Waals surface area contributed by atoms with Crippen molar-refractivity contribution in [3.8, 4) is 0 Å². The molecule has 0 aliphatic rings. The first-order valence-corrected chi connectivity index (χ1v) is 7.27. The van der Waals surface area contributed by atoms with Gasteiger partial charge in [0.05, 0.1) is 0 Å². The van der Waals surface area contributed by atoms with Gasteiger partial charge in [-0.25, -0.2) is 0 Å². The largest absolute Gasteiger partial charge is 0.380 e. The second kappa shape index (κ2) is 5.87. The highest BCUT2D eigenvalue weighted by atomic mass is 127. The lowest BCUT2D eigenvalue weighted by atomic mass is 10.1. The molecular weight excluding hydrogens is 389 g/mol. The van der Waals surface area contributed by atoms with Crippen LogP contribution in [0.25, 0.3) is 0 Å². The van der Waals surface area contributed by atoms with Gasteiger partial charge in [-0.3, -0.25) is 0 Å². The van der Waals surface area contributed by atoms with Crippen LogP contribution in [0.1, 0.15) is 11.1 Å². The number of hydrogen-bond donors (Lipinski definition) is 1. The Morgan fingerprint density at radius 3 is 2.47 bits per heavy atom. The first-order chi connectivity index (χ1) is 8.15. The average molecular weight is 402 g/mol. The molecule has 0 atom stereocenters. The molecule has 0 bridgehead atoms. The summed E-state index contributed by atoms with van der Waals surface area (Å²) in [6.07, 6.45) is 0. The van der Waals surface area contributed by atoms with Gasteiger partial charge < -0.3 is 5.32 Å². The van der Waals surface area contributed by atoms with Crippen LogP contribution < -0.4 is 5.32 Å². The van der Waals surface area contributed by atoms with Crippen LogP contribution in [0.15, 0.2) is 46.9 Å². The number of anilines is 1. The van der Waals surface area contributed by atoms with Crippen molar-refractivity contribution >= 4 is 44.2 Å². The molecule has 0 fully saturated rings. The van der Waals surface area contributed by atoms with Crippen LogP contribution in [-0.2, 0) is 6.54 Å². The normalized spacial score (nSPS) is 10.3. The zero-order valence-corrected chi connectivity index (χ0v) is 13.2. The second-order valence-corrected chi connectivity index (χ2v) is 6.06. The van der Waals surface area contributed by atoms with E-state index in [2.05, 4.69) is 93.2 Å². The van der Waals surface area contributed by atoms with E-state index in [0.717, 1.165) is 16.7 Å². The summed E-state index contributed by atoms with van der Waals surface area (Å²) in [6, 6.07) is 14.9. The van der Waals surface area contributed by atoms with Crippen molar-refractivity contribution in [1.29, 1.82) is 0 Å². The lowest BCUT2D eigenvalue weighted by Crippen LogP contribution is -2.00. The Morgan fingerprint density at radius 1 is 1.12 bits per heavy atom. The molecule has 17 heavy (non-hydrogen) atoms. The van der Waals surface area contributed by atoms with E-state index < -0.39 is 0 Å². The van der Waals surface area contributed by atoms with Gasteiger partial charge in [-0.05, 0) is 69.2 Å². The Labute approximate surface area is 124 Å². The maximum Gasteiger partial charge on any atom is 0.0488 e. The molecule has 0 aromatic heterocycles. The van der Waals surface area contributed by atoms with Crippen molar-refractivity contribution in [3.05, 3.63) is 61.6 Å². The highest BCUT2D eigenvalue weighted by molar-refractivity contribution is 14.1. The smallest absolute Gasteiger partial charge is 0.0488 e. The number of rotatable bonds is 3. The molecule has 0 unspecified atom stereocenters. The molecule has 88 valence electrons. The van der Waals surface area contributed by atoms with E-state index in [1.54, 1.807) is 0 Å². The van der Waals surface area contributed by atoms with E-state index >= 15 is 0 Å². The molecule has 0 heterocycles. The van der Waals surface area contributed by atoms with E-state index in [-0.39, 0.29) is 0 Å². The topological polar surface area (TPSA) is 12.0 Å². The van der Waals surface area contributed by atoms with Gasteiger partial charge in [0.25, 0.3) is 0 Å². The molecule has 2 aromatic rings. The third kappa shape index (κ3) is 3.71.